The molecule has 5 nitrogen and oxygen atoms in total. The molecular weight excluding hydrogens is 350 g/mol. The van der Waals surface area contributed by atoms with Gasteiger partial charge in [-0.15, -0.1) is 0 Å². The van der Waals surface area contributed by atoms with E-state index in [9.17, 15) is 5.11 Å². The third-order valence-corrected chi connectivity index (χ3v) is 5.38. The van der Waals surface area contributed by atoms with Crippen LogP contribution in [0.15, 0.2) is 67.3 Å². The van der Waals surface area contributed by atoms with Crippen molar-refractivity contribution in [3.05, 3.63) is 83.9 Å². The van der Waals surface area contributed by atoms with Gasteiger partial charge in [-0.3, -0.25) is 4.90 Å². The van der Waals surface area contributed by atoms with Crippen molar-refractivity contribution >= 4 is 0 Å². The summed E-state index contributed by atoms with van der Waals surface area (Å²) >= 11 is 0. The molecule has 146 valence electrons. The van der Waals surface area contributed by atoms with Gasteiger partial charge in [-0.1, -0.05) is 36.4 Å². The Morgan fingerprint density at radius 2 is 2.00 bits per heavy atom. The van der Waals surface area contributed by atoms with Gasteiger partial charge in [0.1, 0.15) is 11.4 Å². The Morgan fingerprint density at radius 3 is 2.75 bits per heavy atom. The molecule has 1 aromatic heterocycles. The van der Waals surface area contributed by atoms with Crippen molar-refractivity contribution in [1.29, 1.82) is 0 Å². The summed E-state index contributed by atoms with van der Waals surface area (Å²) in [4.78, 5) is 6.45. The van der Waals surface area contributed by atoms with Gasteiger partial charge < -0.3 is 14.4 Å². The summed E-state index contributed by atoms with van der Waals surface area (Å²) in [6.07, 6.45) is 6.33. The van der Waals surface area contributed by atoms with Crippen molar-refractivity contribution in [3.8, 4) is 5.75 Å². The Kier molecular flexibility index (Phi) is 5.46. The lowest BCUT2D eigenvalue weighted by Crippen LogP contribution is -2.30. The summed E-state index contributed by atoms with van der Waals surface area (Å²) in [5, 5.41) is 11.1. The van der Waals surface area contributed by atoms with E-state index < -0.39 is 5.60 Å². The molecule has 1 aliphatic heterocycles. The van der Waals surface area contributed by atoms with E-state index in [1.807, 2.05) is 54.3 Å². The number of nitrogens with zero attached hydrogens (tertiary/aromatic N) is 3. The highest BCUT2D eigenvalue weighted by Gasteiger charge is 2.37. The highest BCUT2D eigenvalue weighted by atomic mass is 16.5. The van der Waals surface area contributed by atoms with E-state index in [0.29, 0.717) is 13.2 Å². The highest BCUT2D eigenvalue weighted by molar-refractivity contribution is 5.38. The SMILES string of the molecule is CCOc1ccc(CN2CC[C@](O)(c3ccccc3)C2)cc1Cn1ccnc1. The zero-order valence-corrected chi connectivity index (χ0v) is 16.3. The smallest absolute Gasteiger partial charge is 0.124 e. The molecule has 2 aromatic carbocycles. The number of benzene rings is 2. The Morgan fingerprint density at radius 1 is 1.14 bits per heavy atom. The van der Waals surface area contributed by atoms with E-state index in [1.54, 1.807) is 6.20 Å². The van der Waals surface area contributed by atoms with Crippen molar-refractivity contribution < 1.29 is 9.84 Å². The molecule has 1 fully saturated rings. The fourth-order valence-electron chi connectivity index (χ4n) is 3.98. The third kappa shape index (κ3) is 4.11. The van der Waals surface area contributed by atoms with Gasteiger partial charge in [0.25, 0.3) is 0 Å². The van der Waals surface area contributed by atoms with Gasteiger partial charge >= 0.3 is 0 Å². The summed E-state index contributed by atoms with van der Waals surface area (Å²) in [5.74, 6) is 0.919. The Balaban J connectivity index is 1.49. The standard InChI is InChI=1S/C23H27N3O2/c1-2-28-22-9-8-19(14-20(22)16-26-13-11-24-18-26)15-25-12-10-23(27,17-25)21-6-4-3-5-7-21/h3-9,11,13-14,18,27H,2,10,12,15-17H2,1H3/t23-/m1/s1. The Labute approximate surface area is 166 Å². The van der Waals surface area contributed by atoms with Crippen LogP contribution in [0.5, 0.6) is 5.75 Å². The lowest BCUT2D eigenvalue weighted by Gasteiger charge is -2.24. The molecule has 1 N–H and O–H groups in total. The molecule has 5 heteroatoms. The molecule has 1 aliphatic rings. The van der Waals surface area contributed by atoms with E-state index in [1.165, 1.54) is 5.56 Å². The molecule has 0 saturated carbocycles. The minimum atomic E-state index is -0.758. The van der Waals surface area contributed by atoms with Crippen molar-refractivity contribution in [2.45, 2.75) is 32.0 Å². The van der Waals surface area contributed by atoms with Crippen LogP contribution >= 0.6 is 0 Å². The van der Waals surface area contributed by atoms with Gasteiger partial charge in [-0.05, 0) is 36.6 Å². The van der Waals surface area contributed by atoms with E-state index in [-0.39, 0.29) is 0 Å². The fraction of sp³-hybridized carbons (Fsp3) is 0.348. The van der Waals surface area contributed by atoms with E-state index in [4.69, 9.17) is 4.74 Å². The maximum absolute atomic E-state index is 11.1. The zero-order chi connectivity index (χ0) is 19.4. The Bertz CT molecular complexity index is 895. The van der Waals surface area contributed by atoms with Gasteiger partial charge in [0, 0.05) is 37.6 Å². The predicted octanol–water partition coefficient (Wildman–Crippen LogP) is 3.42. The van der Waals surface area contributed by atoms with E-state index in [2.05, 4.69) is 28.1 Å². The molecule has 2 heterocycles. The first-order valence-corrected chi connectivity index (χ1v) is 9.87. The molecule has 4 rings (SSSR count). The van der Waals surface area contributed by atoms with Crippen LogP contribution in [0.1, 0.15) is 30.0 Å². The lowest BCUT2D eigenvalue weighted by molar-refractivity contribution is 0.0453. The molecule has 0 bridgehead atoms. The van der Waals surface area contributed by atoms with Crippen LogP contribution in [-0.2, 0) is 18.7 Å². The summed E-state index contributed by atoms with van der Waals surface area (Å²) in [7, 11) is 0. The summed E-state index contributed by atoms with van der Waals surface area (Å²) in [6.45, 7) is 5.74. The average molecular weight is 377 g/mol. The first-order chi connectivity index (χ1) is 13.7. The van der Waals surface area contributed by atoms with Gasteiger partial charge in [0.2, 0.25) is 0 Å². The lowest BCUT2D eigenvalue weighted by atomic mass is 9.93. The molecule has 0 spiro atoms. The number of β-amino-alcohol motifs (C(OH)–C–C–N with tert-alkyl or cyclic N) is 1. The minimum Gasteiger partial charge on any atom is -0.494 e. The number of hydrogen-bond acceptors (Lipinski definition) is 4. The van der Waals surface area contributed by atoms with Gasteiger partial charge in [0.05, 0.1) is 19.5 Å². The first kappa shape index (κ1) is 18.7. The van der Waals surface area contributed by atoms with Gasteiger partial charge in [0.15, 0.2) is 0 Å². The van der Waals surface area contributed by atoms with Crippen LogP contribution < -0.4 is 4.74 Å². The van der Waals surface area contributed by atoms with Crippen LogP contribution in [0.3, 0.4) is 0 Å². The largest absolute Gasteiger partial charge is 0.494 e. The predicted molar refractivity (Wildman–Crippen MR) is 109 cm³/mol. The maximum Gasteiger partial charge on any atom is 0.124 e. The quantitative estimate of drug-likeness (QED) is 0.685. The molecule has 1 atom stereocenters. The topological polar surface area (TPSA) is 50.5 Å². The molecule has 0 unspecified atom stereocenters. The second kappa shape index (κ2) is 8.17. The average Bonchev–Trinajstić information content (AvgIpc) is 3.35. The van der Waals surface area contributed by atoms with Crippen molar-refractivity contribution in [3.63, 3.8) is 0 Å². The van der Waals surface area contributed by atoms with Crippen LogP contribution in [-0.4, -0.2) is 39.3 Å². The molecule has 1 saturated heterocycles. The minimum absolute atomic E-state index is 0.645. The summed E-state index contributed by atoms with van der Waals surface area (Å²) in [5.41, 5.74) is 2.63. The fourth-order valence-corrected chi connectivity index (χ4v) is 3.98. The zero-order valence-electron chi connectivity index (χ0n) is 16.3. The number of hydrogen-bond donors (Lipinski definition) is 1. The Hall–Kier alpha value is -2.63. The highest BCUT2D eigenvalue weighted by Crippen LogP contribution is 2.33. The number of ether oxygens (including phenoxy) is 1. The first-order valence-electron chi connectivity index (χ1n) is 9.87. The number of aliphatic hydroxyl groups is 1. The van der Waals surface area contributed by atoms with Crippen LogP contribution in [0.25, 0.3) is 0 Å². The molecule has 0 radical (unpaired) electrons. The van der Waals surface area contributed by atoms with Gasteiger partial charge in [-0.2, -0.15) is 0 Å². The van der Waals surface area contributed by atoms with Crippen molar-refractivity contribution in [1.82, 2.24) is 14.5 Å². The van der Waals surface area contributed by atoms with Crippen molar-refractivity contribution in [2.75, 3.05) is 19.7 Å². The van der Waals surface area contributed by atoms with E-state index in [0.717, 1.165) is 42.9 Å². The third-order valence-electron chi connectivity index (χ3n) is 5.38. The second-order valence-corrected chi connectivity index (χ2v) is 7.47. The molecule has 28 heavy (non-hydrogen) atoms. The summed E-state index contributed by atoms with van der Waals surface area (Å²) in [6, 6.07) is 16.4. The monoisotopic (exact) mass is 377 g/mol. The number of aromatic nitrogens is 2. The van der Waals surface area contributed by atoms with Crippen molar-refractivity contribution in [2.24, 2.45) is 0 Å². The molecule has 0 aliphatic carbocycles. The van der Waals surface area contributed by atoms with Crippen LogP contribution in [0, 0.1) is 0 Å². The summed E-state index contributed by atoms with van der Waals surface area (Å²) < 4.78 is 7.86. The number of imidazole rings is 1. The van der Waals surface area contributed by atoms with Crippen LogP contribution in [0.4, 0.5) is 0 Å². The second-order valence-electron chi connectivity index (χ2n) is 7.47. The molecule has 3 aromatic rings. The maximum atomic E-state index is 11.1. The van der Waals surface area contributed by atoms with Gasteiger partial charge in [-0.25, -0.2) is 4.98 Å². The number of likely N-dealkylation sites (tertiary alicyclic amines) is 1. The number of rotatable bonds is 7. The molecular formula is C23H27N3O2. The van der Waals surface area contributed by atoms with Crippen LogP contribution in [0.2, 0.25) is 0 Å². The van der Waals surface area contributed by atoms with E-state index >= 15 is 0 Å². The normalized spacial score (nSPS) is 19.8. The molecule has 0 amide bonds.